The smallest absolute Gasteiger partial charge is 0.320 e. The minimum Gasteiger partial charge on any atom is -0.320 e. The van der Waals surface area contributed by atoms with Gasteiger partial charge in [0.15, 0.2) is 0 Å². The van der Waals surface area contributed by atoms with Crippen molar-refractivity contribution in [1.29, 1.82) is 0 Å². The Labute approximate surface area is 185 Å². The van der Waals surface area contributed by atoms with E-state index in [2.05, 4.69) is 15.4 Å². The summed E-state index contributed by atoms with van der Waals surface area (Å²) in [5.74, 6) is -1.92. The number of fused-ring (bicyclic) bond motifs is 1. The molecule has 0 saturated heterocycles. The summed E-state index contributed by atoms with van der Waals surface area (Å²) in [6.45, 7) is 1.92. The number of nitrogens with one attached hydrogen (secondary N) is 1. The molecule has 0 spiro atoms. The molecule has 3 heterocycles. The fourth-order valence-corrected chi connectivity index (χ4v) is 3.36. The second-order valence-electron chi connectivity index (χ2n) is 7.01. The molecule has 1 unspecified atom stereocenters. The van der Waals surface area contributed by atoms with Crippen LogP contribution in [0.1, 0.15) is 39.4 Å². The summed E-state index contributed by atoms with van der Waals surface area (Å²) < 4.78 is 53.2. The number of hydrogen-bond acceptors (Lipinski definition) is 4. The summed E-state index contributed by atoms with van der Waals surface area (Å²) in [5.41, 5.74) is -0.528. The summed E-state index contributed by atoms with van der Waals surface area (Å²) in [4.78, 5) is 30.8. The summed E-state index contributed by atoms with van der Waals surface area (Å²) in [7, 11) is 0. The SMILES string of the molecule is CC1CN(c2ccc(C(F)(F)F)cc2)C(=O)c2c(C(=O)Nc3cncc(F)c3)cnn21.Cl. The van der Waals surface area contributed by atoms with Crippen LogP contribution in [0.15, 0.2) is 48.9 Å². The maximum absolute atomic E-state index is 13.3. The Morgan fingerprint density at radius 2 is 1.84 bits per heavy atom. The maximum atomic E-state index is 13.3. The van der Waals surface area contributed by atoms with Gasteiger partial charge in [0.1, 0.15) is 11.5 Å². The van der Waals surface area contributed by atoms with Crippen molar-refractivity contribution < 1.29 is 27.2 Å². The van der Waals surface area contributed by atoms with E-state index in [1.807, 2.05) is 0 Å². The molecule has 1 aliphatic heterocycles. The van der Waals surface area contributed by atoms with Crippen molar-refractivity contribution in [3.63, 3.8) is 0 Å². The van der Waals surface area contributed by atoms with Gasteiger partial charge >= 0.3 is 6.18 Å². The number of hydrogen-bond donors (Lipinski definition) is 1. The quantitative estimate of drug-likeness (QED) is 0.579. The number of rotatable bonds is 3. The van der Waals surface area contributed by atoms with Gasteiger partial charge < -0.3 is 10.2 Å². The Morgan fingerprint density at radius 3 is 2.47 bits per heavy atom. The van der Waals surface area contributed by atoms with Crippen LogP contribution in [0.25, 0.3) is 0 Å². The molecule has 3 aromatic rings. The summed E-state index contributed by atoms with van der Waals surface area (Å²) >= 11 is 0. The summed E-state index contributed by atoms with van der Waals surface area (Å²) in [5, 5.41) is 6.57. The highest BCUT2D eigenvalue weighted by Gasteiger charge is 2.36. The number of nitrogens with zero attached hydrogens (tertiary/aromatic N) is 4. The molecule has 1 N–H and O–H groups in total. The molecule has 0 radical (unpaired) electrons. The van der Waals surface area contributed by atoms with Crippen LogP contribution in [0.2, 0.25) is 0 Å². The van der Waals surface area contributed by atoms with E-state index in [9.17, 15) is 27.2 Å². The minimum atomic E-state index is -4.49. The number of carbonyl (C=O) groups is 2. The van der Waals surface area contributed by atoms with Crippen LogP contribution >= 0.6 is 12.4 Å². The van der Waals surface area contributed by atoms with E-state index in [0.717, 1.165) is 24.4 Å². The maximum Gasteiger partial charge on any atom is 0.416 e. The lowest BCUT2D eigenvalue weighted by Gasteiger charge is -2.32. The predicted octanol–water partition coefficient (Wildman–Crippen LogP) is 4.33. The number of amides is 2. The first-order valence-corrected chi connectivity index (χ1v) is 9.13. The van der Waals surface area contributed by atoms with Gasteiger partial charge in [0.2, 0.25) is 0 Å². The lowest BCUT2D eigenvalue weighted by atomic mass is 10.1. The lowest BCUT2D eigenvalue weighted by molar-refractivity contribution is -0.137. The Kier molecular flexibility index (Phi) is 6.22. The van der Waals surface area contributed by atoms with E-state index in [1.54, 1.807) is 6.92 Å². The third-order valence-electron chi connectivity index (χ3n) is 4.82. The number of alkyl halides is 3. The Morgan fingerprint density at radius 1 is 1.16 bits per heavy atom. The molecule has 2 amide bonds. The first-order chi connectivity index (χ1) is 14.6. The normalized spacial score (nSPS) is 15.7. The number of benzene rings is 1. The zero-order chi connectivity index (χ0) is 22.3. The number of pyridine rings is 1. The average Bonchev–Trinajstić information content (AvgIpc) is 3.16. The van der Waals surface area contributed by atoms with Gasteiger partial charge in [-0.3, -0.25) is 19.3 Å². The van der Waals surface area contributed by atoms with E-state index in [4.69, 9.17) is 0 Å². The molecule has 2 aromatic heterocycles. The molecule has 7 nitrogen and oxygen atoms in total. The Balaban J connectivity index is 0.00000289. The predicted molar refractivity (Wildman–Crippen MR) is 109 cm³/mol. The van der Waals surface area contributed by atoms with E-state index in [1.165, 1.54) is 34.1 Å². The van der Waals surface area contributed by atoms with Crippen molar-refractivity contribution in [3.8, 4) is 0 Å². The molecule has 168 valence electrons. The third-order valence-corrected chi connectivity index (χ3v) is 4.82. The molecule has 32 heavy (non-hydrogen) atoms. The van der Waals surface area contributed by atoms with Crippen LogP contribution in [-0.2, 0) is 6.18 Å². The monoisotopic (exact) mass is 469 g/mol. The molecule has 1 aliphatic rings. The number of halogens is 5. The average molecular weight is 470 g/mol. The second-order valence-corrected chi connectivity index (χ2v) is 7.01. The van der Waals surface area contributed by atoms with Crippen LogP contribution in [0.3, 0.4) is 0 Å². The van der Waals surface area contributed by atoms with Gasteiger partial charge in [0.25, 0.3) is 11.8 Å². The molecule has 0 fully saturated rings. The number of aromatic nitrogens is 3. The minimum absolute atomic E-state index is 0. The molecule has 1 atom stereocenters. The largest absolute Gasteiger partial charge is 0.416 e. The van der Waals surface area contributed by atoms with Gasteiger partial charge in [0, 0.05) is 18.3 Å². The van der Waals surface area contributed by atoms with Gasteiger partial charge in [-0.25, -0.2) is 4.39 Å². The zero-order valence-electron chi connectivity index (χ0n) is 16.4. The van der Waals surface area contributed by atoms with Gasteiger partial charge in [-0.15, -0.1) is 12.4 Å². The third kappa shape index (κ3) is 4.28. The number of carbonyl (C=O) groups excluding carboxylic acids is 2. The van der Waals surface area contributed by atoms with Gasteiger partial charge in [-0.1, -0.05) is 0 Å². The zero-order valence-corrected chi connectivity index (χ0v) is 17.2. The van der Waals surface area contributed by atoms with Crippen molar-refractivity contribution in [2.45, 2.75) is 19.1 Å². The molecule has 12 heteroatoms. The van der Waals surface area contributed by atoms with Crippen molar-refractivity contribution in [2.75, 3.05) is 16.8 Å². The van der Waals surface area contributed by atoms with Crippen molar-refractivity contribution in [1.82, 2.24) is 14.8 Å². The molecule has 0 saturated carbocycles. The van der Waals surface area contributed by atoms with Gasteiger partial charge in [0.05, 0.1) is 41.4 Å². The second kappa shape index (κ2) is 8.58. The highest BCUT2D eigenvalue weighted by atomic mass is 35.5. The van der Waals surface area contributed by atoms with Crippen LogP contribution < -0.4 is 10.2 Å². The van der Waals surface area contributed by atoms with E-state index in [-0.39, 0.29) is 47.6 Å². The highest BCUT2D eigenvalue weighted by Crippen LogP contribution is 2.33. The van der Waals surface area contributed by atoms with E-state index < -0.39 is 29.4 Å². The van der Waals surface area contributed by atoms with E-state index >= 15 is 0 Å². The van der Waals surface area contributed by atoms with Crippen molar-refractivity contribution >= 4 is 35.6 Å². The summed E-state index contributed by atoms with van der Waals surface area (Å²) in [6, 6.07) is 4.93. The Bertz CT molecular complexity index is 1160. The topological polar surface area (TPSA) is 80.1 Å². The first kappa shape index (κ1) is 23.2. The van der Waals surface area contributed by atoms with Crippen molar-refractivity contribution in [3.05, 3.63) is 71.6 Å². The fourth-order valence-electron chi connectivity index (χ4n) is 3.36. The van der Waals surface area contributed by atoms with Crippen molar-refractivity contribution in [2.24, 2.45) is 0 Å². The molecular formula is C20H16ClF4N5O2. The molecule has 1 aromatic carbocycles. The summed E-state index contributed by atoms with van der Waals surface area (Å²) in [6.07, 6.45) is -1.05. The fraction of sp³-hybridized carbons (Fsp3) is 0.200. The van der Waals surface area contributed by atoms with Gasteiger partial charge in [-0.2, -0.15) is 18.3 Å². The Hall–Kier alpha value is -3.47. The molecule has 0 bridgehead atoms. The van der Waals surface area contributed by atoms with E-state index in [0.29, 0.717) is 0 Å². The first-order valence-electron chi connectivity index (χ1n) is 9.13. The van der Waals surface area contributed by atoms with Gasteiger partial charge in [-0.05, 0) is 31.2 Å². The van der Waals surface area contributed by atoms with Crippen LogP contribution in [0, 0.1) is 5.82 Å². The van der Waals surface area contributed by atoms with Crippen LogP contribution in [0.4, 0.5) is 28.9 Å². The molecular weight excluding hydrogens is 454 g/mol. The van der Waals surface area contributed by atoms with Crippen LogP contribution in [-0.4, -0.2) is 33.1 Å². The highest BCUT2D eigenvalue weighted by molar-refractivity contribution is 6.15. The van der Waals surface area contributed by atoms with Crippen LogP contribution in [0.5, 0.6) is 0 Å². The number of anilines is 2. The molecule has 4 rings (SSSR count). The molecule has 0 aliphatic carbocycles. The standard InChI is InChI=1S/C20H15F4N5O2.ClH/c1-11-10-28(15-4-2-12(3-5-15)20(22,23)24)19(31)17-16(9-26-29(11)17)18(30)27-14-6-13(21)7-25-8-14;/h2-9,11H,10H2,1H3,(H,27,30);1H. The lowest BCUT2D eigenvalue weighted by Crippen LogP contribution is -2.43.